The molecule has 2 atom stereocenters. The van der Waals surface area contributed by atoms with E-state index in [1.807, 2.05) is 13.8 Å². The van der Waals surface area contributed by atoms with Crippen molar-refractivity contribution in [1.82, 2.24) is 5.32 Å². The Morgan fingerprint density at radius 1 is 1.13 bits per heavy atom. The summed E-state index contributed by atoms with van der Waals surface area (Å²) in [5, 5.41) is 2.77. The molecule has 0 spiro atoms. The van der Waals surface area contributed by atoms with Crippen LogP contribution >= 0.6 is 0 Å². The molecule has 0 rings (SSSR count). The fourth-order valence-electron chi connectivity index (χ4n) is 1.99. The molecule has 0 saturated heterocycles. The minimum Gasteiger partial charge on any atom is -0.378 e. The molecule has 4 nitrogen and oxygen atoms in total. The Hall–Kier alpha value is -0.870. The summed E-state index contributed by atoms with van der Waals surface area (Å²) in [7, 11) is 0. The van der Waals surface area contributed by atoms with Gasteiger partial charge in [0.05, 0.1) is 25.9 Å². The number of hydrogen-bond acceptors (Lipinski definition) is 3. The van der Waals surface area contributed by atoms with Crippen LogP contribution < -0.4 is 5.32 Å². The third-order valence-corrected chi connectivity index (χ3v) is 3.60. The van der Waals surface area contributed by atoms with Crippen LogP contribution in [0.5, 0.6) is 0 Å². The number of ether oxygens (including phenoxy) is 2. The second-order valence-corrected chi connectivity index (χ2v) is 8.50. The molecule has 4 heteroatoms. The monoisotopic (exact) mass is 327 g/mol. The summed E-state index contributed by atoms with van der Waals surface area (Å²) in [6, 6.07) is -0.0359. The molecule has 1 amide bonds. The van der Waals surface area contributed by atoms with Crippen LogP contribution in [0.25, 0.3) is 0 Å². The van der Waals surface area contributed by atoms with Gasteiger partial charge in [-0.05, 0) is 43.6 Å². The van der Waals surface area contributed by atoms with Gasteiger partial charge in [0.25, 0.3) is 0 Å². The molecule has 0 aromatic heterocycles. The normalized spacial score (nSPS) is 15.1. The molecule has 23 heavy (non-hydrogen) atoms. The third kappa shape index (κ3) is 13.3. The van der Waals surface area contributed by atoms with Gasteiger partial charge >= 0.3 is 0 Å². The number of carbonyl (C=O) groups excluding carboxylic acids is 1. The molecule has 0 aromatic rings. The van der Waals surface area contributed by atoms with Gasteiger partial charge < -0.3 is 14.8 Å². The first-order valence-corrected chi connectivity index (χ1v) is 8.57. The van der Waals surface area contributed by atoms with E-state index >= 15 is 0 Å². The van der Waals surface area contributed by atoms with Crippen molar-refractivity contribution >= 4 is 5.91 Å². The molecule has 0 aromatic carbocycles. The highest BCUT2D eigenvalue weighted by molar-refractivity contribution is 5.87. The molecule has 0 bridgehead atoms. The van der Waals surface area contributed by atoms with Crippen molar-refractivity contribution in [3.05, 3.63) is 12.7 Å². The van der Waals surface area contributed by atoms with Crippen LogP contribution in [0.15, 0.2) is 12.7 Å². The minimum absolute atomic E-state index is 0.0106. The second-order valence-electron chi connectivity index (χ2n) is 8.50. The van der Waals surface area contributed by atoms with Crippen molar-refractivity contribution in [3.63, 3.8) is 0 Å². The molecular weight excluding hydrogens is 290 g/mol. The topological polar surface area (TPSA) is 47.6 Å². The zero-order valence-corrected chi connectivity index (χ0v) is 16.2. The predicted molar refractivity (Wildman–Crippen MR) is 96.5 cm³/mol. The van der Waals surface area contributed by atoms with E-state index in [9.17, 15) is 4.79 Å². The van der Waals surface area contributed by atoms with Crippen molar-refractivity contribution in [1.29, 1.82) is 0 Å². The van der Waals surface area contributed by atoms with Crippen LogP contribution in [-0.4, -0.2) is 37.9 Å². The van der Waals surface area contributed by atoms with Crippen LogP contribution in [-0.2, 0) is 14.3 Å². The first kappa shape index (κ1) is 22.1. The molecule has 2 unspecified atom stereocenters. The Bertz CT molecular complexity index is 358. The summed E-state index contributed by atoms with van der Waals surface area (Å²) in [6.07, 6.45) is 3.62. The van der Waals surface area contributed by atoms with Gasteiger partial charge in [0.1, 0.15) is 0 Å². The van der Waals surface area contributed by atoms with Crippen molar-refractivity contribution in [2.24, 2.45) is 10.8 Å². The maximum absolute atomic E-state index is 11.2. The van der Waals surface area contributed by atoms with Crippen molar-refractivity contribution in [2.75, 3.05) is 19.8 Å². The largest absolute Gasteiger partial charge is 0.378 e. The van der Waals surface area contributed by atoms with Gasteiger partial charge in [-0.2, -0.15) is 0 Å². The van der Waals surface area contributed by atoms with Crippen LogP contribution in [0.3, 0.4) is 0 Å². The Labute approximate surface area is 143 Å². The van der Waals surface area contributed by atoms with Crippen molar-refractivity contribution < 1.29 is 14.3 Å². The zero-order valence-electron chi connectivity index (χ0n) is 16.2. The number of rotatable bonds is 11. The summed E-state index contributed by atoms with van der Waals surface area (Å²) in [5.41, 5.74) is 0.540. The molecule has 0 aliphatic rings. The van der Waals surface area contributed by atoms with Crippen LogP contribution in [0.1, 0.15) is 61.3 Å². The van der Waals surface area contributed by atoms with Gasteiger partial charge in [-0.15, -0.1) is 0 Å². The average molecular weight is 328 g/mol. The van der Waals surface area contributed by atoms with Gasteiger partial charge in [-0.1, -0.05) is 41.2 Å². The maximum Gasteiger partial charge on any atom is 0.243 e. The van der Waals surface area contributed by atoms with Crippen LogP contribution in [0.2, 0.25) is 0 Å². The first-order chi connectivity index (χ1) is 10.4. The Morgan fingerprint density at radius 3 is 2.26 bits per heavy atom. The molecule has 0 aliphatic heterocycles. The number of nitrogens with one attached hydrogen (secondary N) is 1. The molecular formula is C19H37NO3. The zero-order chi connectivity index (χ0) is 18.1. The summed E-state index contributed by atoms with van der Waals surface area (Å²) in [5.74, 6) is -0.175. The molecule has 1 N–H and O–H groups in total. The van der Waals surface area contributed by atoms with Crippen molar-refractivity contribution in [2.45, 2.75) is 73.5 Å². The lowest BCUT2D eigenvalue weighted by molar-refractivity contribution is -0.117. The first-order valence-electron chi connectivity index (χ1n) is 8.57. The third-order valence-electron chi connectivity index (χ3n) is 3.60. The number of carbonyl (C=O) groups is 1. The van der Waals surface area contributed by atoms with Gasteiger partial charge in [0.15, 0.2) is 0 Å². The van der Waals surface area contributed by atoms with E-state index in [0.717, 1.165) is 13.0 Å². The lowest BCUT2D eigenvalue weighted by atomic mass is 9.80. The highest BCUT2D eigenvalue weighted by Crippen LogP contribution is 2.30. The van der Waals surface area contributed by atoms with E-state index in [1.165, 1.54) is 12.5 Å². The highest BCUT2D eigenvalue weighted by Gasteiger charge is 2.22. The van der Waals surface area contributed by atoms with Gasteiger partial charge in [0.2, 0.25) is 5.91 Å². The molecule has 0 radical (unpaired) electrons. The summed E-state index contributed by atoms with van der Waals surface area (Å²) in [6.45, 7) is 20.4. The predicted octanol–water partition coefficient (Wildman–Crippen LogP) is 3.95. The summed E-state index contributed by atoms with van der Waals surface area (Å²) >= 11 is 0. The average Bonchev–Trinajstić information content (AvgIpc) is 2.42. The molecule has 0 heterocycles. The summed E-state index contributed by atoms with van der Waals surface area (Å²) in [4.78, 5) is 11.2. The van der Waals surface area contributed by atoms with E-state index in [2.05, 4.69) is 46.5 Å². The Kier molecular flexibility index (Phi) is 9.71. The number of amides is 1. The fourth-order valence-corrected chi connectivity index (χ4v) is 1.99. The SMILES string of the molecule is C=CC(=O)NC(C)COC(C)COCC(C)(C)CCC(C)(C)C. The Balaban J connectivity index is 3.90. The fraction of sp³-hybridized carbons (Fsp3) is 0.842. The van der Waals surface area contributed by atoms with Gasteiger partial charge in [-0.25, -0.2) is 0 Å². The number of hydrogen-bond donors (Lipinski definition) is 1. The van der Waals surface area contributed by atoms with E-state index in [4.69, 9.17) is 9.47 Å². The van der Waals surface area contributed by atoms with Crippen LogP contribution in [0, 0.1) is 10.8 Å². The van der Waals surface area contributed by atoms with E-state index in [-0.39, 0.29) is 23.5 Å². The molecule has 0 saturated carbocycles. The Morgan fingerprint density at radius 2 is 1.74 bits per heavy atom. The quantitative estimate of drug-likeness (QED) is 0.585. The summed E-state index contributed by atoms with van der Waals surface area (Å²) < 4.78 is 11.5. The van der Waals surface area contributed by atoms with E-state index in [1.54, 1.807) is 0 Å². The van der Waals surface area contributed by atoms with Crippen molar-refractivity contribution in [3.8, 4) is 0 Å². The van der Waals surface area contributed by atoms with E-state index < -0.39 is 0 Å². The van der Waals surface area contributed by atoms with Gasteiger partial charge in [-0.3, -0.25) is 4.79 Å². The highest BCUT2D eigenvalue weighted by atomic mass is 16.5. The molecule has 136 valence electrons. The van der Waals surface area contributed by atoms with E-state index in [0.29, 0.717) is 18.6 Å². The molecule has 0 fully saturated rings. The lowest BCUT2D eigenvalue weighted by Gasteiger charge is -2.29. The smallest absolute Gasteiger partial charge is 0.243 e. The van der Waals surface area contributed by atoms with Crippen LogP contribution in [0.4, 0.5) is 0 Å². The maximum atomic E-state index is 11.2. The minimum atomic E-state index is -0.175. The molecule has 0 aliphatic carbocycles. The van der Waals surface area contributed by atoms with Gasteiger partial charge in [0, 0.05) is 6.04 Å². The lowest BCUT2D eigenvalue weighted by Crippen LogP contribution is -2.36. The second kappa shape index (κ2) is 10.1. The standard InChI is InChI=1S/C19H37NO3/c1-9-17(21)20-15(2)12-23-16(3)13-22-14-19(7,8)11-10-18(4,5)6/h9,15-16H,1,10-14H2,2-8H3,(H,20,21).